The number of aliphatic carboxylic acids is 1. The Labute approximate surface area is 116 Å². The van der Waals surface area contributed by atoms with Crippen molar-refractivity contribution < 1.29 is 19.1 Å². The van der Waals surface area contributed by atoms with E-state index in [1.54, 1.807) is 19.1 Å². The van der Waals surface area contributed by atoms with Crippen LogP contribution in [-0.4, -0.2) is 34.6 Å². The lowest BCUT2D eigenvalue weighted by molar-refractivity contribution is -0.137. The quantitative estimate of drug-likeness (QED) is 0.871. The second-order valence-electron chi connectivity index (χ2n) is 4.98. The monoisotopic (exact) mass is 280 g/mol. The lowest BCUT2D eigenvalue weighted by atomic mass is 10.2. The van der Waals surface area contributed by atoms with Crippen LogP contribution in [0.25, 0.3) is 0 Å². The van der Waals surface area contributed by atoms with Gasteiger partial charge in [0.25, 0.3) is 0 Å². The number of carboxylic acids is 1. The fraction of sp³-hybridized carbons (Fsp3) is 0.429. The molecule has 0 radical (unpaired) electrons. The van der Waals surface area contributed by atoms with Crippen LogP contribution in [0.5, 0.6) is 0 Å². The van der Waals surface area contributed by atoms with E-state index in [-0.39, 0.29) is 24.7 Å². The molecule has 1 saturated carbocycles. The maximum Gasteiger partial charge on any atom is 0.322 e. The van der Waals surface area contributed by atoms with Crippen LogP contribution >= 0.6 is 0 Å². The summed E-state index contributed by atoms with van der Waals surface area (Å²) in [5, 5.41) is 11.2. The summed E-state index contributed by atoms with van der Waals surface area (Å²) in [6, 6.07) is 4.09. The smallest absolute Gasteiger partial charge is 0.322 e. The molecule has 2 amide bonds. The van der Waals surface area contributed by atoms with Gasteiger partial charge >= 0.3 is 12.0 Å². The summed E-state index contributed by atoms with van der Waals surface area (Å²) in [6.45, 7) is 1.94. The average Bonchev–Trinajstić information content (AvgIpc) is 3.18. The topological polar surface area (TPSA) is 69.6 Å². The fourth-order valence-corrected chi connectivity index (χ4v) is 1.97. The molecule has 2 N–H and O–H groups in total. The number of carbonyl (C=O) groups is 2. The van der Waals surface area contributed by atoms with Gasteiger partial charge in [0, 0.05) is 12.6 Å². The Morgan fingerprint density at radius 2 is 2.15 bits per heavy atom. The highest BCUT2D eigenvalue weighted by Gasteiger charge is 2.32. The standard InChI is InChI=1S/C14H17FN2O3/c1-9-2-5-11(15)12(8-9)16-14(20)17(10-3-4-10)7-6-13(18)19/h2,5,8,10H,3-4,6-7H2,1H3,(H,16,20)(H,18,19). The van der Waals surface area contributed by atoms with Gasteiger partial charge in [-0.25, -0.2) is 9.18 Å². The third-order valence-electron chi connectivity index (χ3n) is 3.18. The van der Waals surface area contributed by atoms with E-state index >= 15 is 0 Å². The molecule has 0 unspecified atom stereocenters. The summed E-state index contributed by atoms with van der Waals surface area (Å²) in [6.07, 6.45) is 1.62. The summed E-state index contributed by atoms with van der Waals surface area (Å²) >= 11 is 0. The Bertz CT molecular complexity index is 529. The molecule has 0 spiro atoms. The van der Waals surface area contributed by atoms with E-state index in [4.69, 9.17) is 5.11 Å². The van der Waals surface area contributed by atoms with Crippen molar-refractivity contribution in [1.82, 2.24) is 4.90 Å². The molecular formula is C14H17FN2O3. The van der Waals surface area contributed by atoms with Crippen LogP contribution < -0.4 is 5.32 Å². The zero-order valence-corrected chi connectivity index (χ0v) is 11.2. The first-order valence-corrected chi connectivity index (χ1v) is 6.53. The first-order valence-electron chi connectivity index (χ1n) is 6.53. The van der Waals surface area contributed by atoms with Crippen LogP contribution in [0.4, 0.5) is 14.9 Å². The molecule has 1 aliphatic rings. The number of urea groups is 1. The number of aryl methyl sites for hydroxylation is 1. The van der Waals surface area contributed by atoms with Gasteiger partial charge in [-0.15, -0.1) is 0 Å². The number of carboxylic acid groups (broad SMARTS) is 1. The highest BCUT2D eigenvalue weighted by atomic mass is 19.1. The minimum Gasteiger partial charge on any atom is -0.481 e. The minimum absolute atomic E-state index is 0.0715. The molecule has 1 aromatic rings. The van der Waals surface area contributed by atoms with Crippen LogP contribution in [0.3, 0.4) is 0 Å². The number of carbonyl (C=O) groups excluding carboxylic acids is 1. The van der Waals surface area contributed by atoms with Crippen LogP contribution in [0.2, 0.25) is 0 Å². The molecule has 0 saturated heterocycles. The normalized spacial score (nSPS) is 13.9. The van der Waals surface area contributed by atoms with Gasteiger partial charge < -0.3 is 15.3 Å². The average molecular weight is 280 g/mol. The molecule has 0 heterocycles. The Balaban J connectivity index is 2.04. The summed E-state index contributed by atoms with van der Waals surface area (Å²) < 4.78 is 13.6. The molecule has 1 aromatic carbocycles. The van der Waals surface area contributed by atoms with Gasteiger partial charge in [0.2, 0.25) is 0 Å². The van der Waals surface area contributed by atoms with Crippen molar-refractivity contribution in [2.24, 2.45) is 0 Å². The zero-order valence-electron chi connectivity index (χ0n) is 11.2. The number of nitrogens with zero attached hydrogens (tertiary/aromatic N) is 1. The van der Waals surface area contributed by atoms with E-state index in [1.165, 1.54) is 11.0 Å². The largest absolute Gasteiger partial charge is 0.481 e. The Hall–Kier alpha value is -2.11. The van der Waals surface area contributed by atoms with Crippen molar-refractivity contribution in [2.45, 2.75) is 32.2 Å². The number of hydrogen-bond donors (Lipinski definition) is 2. The van der Waals surface area contributed by atoms with Gasteiger partial charge in [-0.3, -0.25) is 4.79 Å². The summed E-state index contributed by atoms with van der Waals surface area (Å²) in [7, 11) is 0. The van der Waals surface area contributed by atoms with Gasteiger partial charge in [0.05, 0.1) is 12.1 Å². The number of rotatable bonds is 5. The summed E-state index contributed by atoms with van der Waals surface area (Å²) in [4.78, 5) is 24.2. The molecule has 5 nitrogen and oxygen atoms in total. The Morgan fingerprint density at radius 1 is 1.45 bits per heavy atom. The number of benzene rings is 1. The highest BCUT2D eigenvalue weighted by Crippen LogP contribution is 2.28. The van der Waals surface area contributed by atoms with Crippen molar-refractivity contribution in [3.8, 4) is 0 Å². The predicted octanol–water partition coefficient (Wildman–Crippen LogP) is 2.61. The highest BCUT2D eigenvalue weighted by molar-refractivity contribution is 5.90. The minimum atomic E-state index is -0.954. The van der Waals surface area contributed by atoms with E-state index in [0.717, 1.165) is 18.4 Å². The predicted molar refractivity (Wildman–Crippen MR) is 72.1 cm³/mol. The SMILES string of the molecule is Cc1ccc(F)c(NC(=O)N(CCC(=O)O)C2CC2)c1. The lowest BCUT2D eigenvalue weighted by Gasteiger charge is -2.22. The molecular weight excluding hydrogens is 263 g/mol. The second kappa shape index (κ2) is 5.90. The van der Waals surface area contributed by atoms with E-state index in [2.05, 4.69) is 5.32 Å². The Morgan fingerprint density at radius 3 is 2.75 bits per heavy atom. The number of hydrogen-bond acceptors (Lipinski definition) is 2. The molecule has 0 bridgehead atoms. The molecule has 2 rings (SSSR count). The van der Waals surface area contributed by atoms with Crippen LogP contribution in [0.15, 0.2) is 18.2 Å². The van der Waals surface area contributed by atoms with Crippen molar-refractivity contribution >= 4 is 17.7 Å². The van der Waals surface area contributed by atoms with Crippen molar-refractivity contribution in [3.63, 3.8) is 0 Å². The number of amides is 2. The van der Waals surface area contributed by atoms with Gasteiger partial charge in [0.15, 0.2) is 0 Å². The molecule has 6 heteroatoms. The maximum atomic E-state index is 13.6. The first kappa shape index (κ1) is 14.3. The van der Waals surface area contributed by atoms with Crippen molar-refractivity contribution in [1.29, 1.82) is 0 Å². The van der Waals surface area contributed by atoms with Crippen molar-refractivity contribution in [3.05, 3.63) is 29.6 Å². The van der Waals surface area contributed by atoms with Gasteiger partial charge in [-0.2, -0.15) is 0 Å². The van der Waals surface area contributed by atoms with Crippen LogP contribution in [-0.2, 0) is 4.79 Å². The third kappa shape index (κ3) is 3.69. The lowest BCUT2D eigenvalue weighted by Crippen LogP contribution is -2.38. The Kier molecular flexibility index (Phi) is 4.22. The van der Waals surface area contributed by atoms with Gasteiger partial charge in [-0.05, 0) is 37.5 Å². The molecule has 0 aromatic heterocycles. The molecule has 1 fully saturated rings. The fourth-order valence-electron chi connectivity index (χ4n) is 1.97. The van der Waals surface area contributed by atoms with Crippen LogP contribution in [0.1, 0.15) is 24.8 Å². The summed E-state index contributed by atoms with van der Waals surface area (Å²) in [5.74, 6) is -1.46. The van der Waals surface area contributed by atoms with E-state index in [9.17, 15) is 14.0 Å². The number of halogens is 1. The molecule has 0 atom stereocenters. The first-order chi connectivity index (χ1) is 9.47. The summed E-state index contributed by atoms with van der Waals surface area (Å²) in [5.41, 5.74) is 0.959. The van der Waals surface area contributed by atoms with Crippen LogP contribution in [0, 0.1) is 12.7 Å². The molecule has 20 heavy (non-hydrogen) atoms. The molecule has 0 aliphatic heterocycles. The van der Waals surface area contributed by atoms with E-state index in [1.807, 2.05) is 0 Å². The van der Waals surface area contributed by atoms with Gasteiger partial charge in [-0.1, -0.05) is 6.07 Å². The zero-order chi connectivity index (χ0) is 14.7. The second-order valence-corrected chi connectivity index (χ2v) is 4.98. The molecule has 1 aliphatic carbocycles. The maximum absolute atomic E-state index is 13.6. The third-order valence-corrected chi connectivity index (χ3v) is 3.18. The number of anilines is 1. The number of nitrogens with one attached hydrogen (secondary N) is 1. The van der Waals surface area contributed by atoms with Gasteiger partial charge in [0.1, 0.15) is 5.82 Å². The van der Waals surface area contributed by atoms with E-state index in [0.29, 0.717) is 0 Å². The molecule has 108 valence electrons. The van der Waals surface area contributed by atoms with E-state index < -0.39 is 17.8 Å². The van der Waals surface area contributed by atoms with Crippen molar-refractivity contribution in [2.75, 3.05) is 11.9 Å².